The van der Waals surface area contributed by atoms with E-state index in [2.05, 4.69) is 11.0 Å². The number of amides is 2. The lowest BCUT2D eigenvalue weighted by molar-refractivity contribution is -0.0757. The third kappa shape index (κ3) is 4.38. The van der Waals surface area contributed by atoms with Crippen LogP contribution in [0.3, 0.4) is 0 Å². The van der Waals surface area contributed by atoms with E-state index in [1.54, 1.807) is 31.2 Å². The van der Waals surface area contributed by atoms with Gasteiger partial charge in [0.15, 0.2) is 28.7 Å². The number of nitrogens with zero attached hydrogens (tertiary/aromatic N) is 4. The fourth-order valence-corrected chi connectivity index (χ4v) is 9.38. The molecule has 5 aliphatic heterocycles. The molecule has 3 aromatic carbocycles. The molecule has 0 aromatic heterocycles. The first-order valence-corrected chi connectivity index (χ1v) is 17.8. The summed E-state index contributed by atoms with van der Waals surface area (Å²) in [6.45, 7) is 3.25. The quantitative estimate of drug-likeness (QED) is 0.309. The Labute approximate surface area is 283 Å². The van der Waals surface area contributed by atoms with Crippen LogP contribution >= 0.6 is 0 Å². The predicted molar refractivity (Wildman–Crippen MR) is 173 cm³/mol. The summed E-state index contributed by atoms with van der Waals surface area (Å²) in [7, 11) is -0.620. The second-order valence-electron chi connectivity index (χ2n) is 13.3. The standard InChI is InChI=1S/C35H34N4O9S/c1-16-10-18-11-22-24(13-36)39-23(28(37(22)3)26(18)29(40)30(16)45-4)12-21-27(33-32(46-15-47-33)17(2)31(21)48-49(5,43)44)25(39)14-38-34(41)19-8-6-7-9-20(19)35(38)42/h6-10,22-25,28,40H,11-12,14-15H2,1-5H3/t22?,23?,24?,25-,28-/m0/s1. The highest BCUT2D eigenvalue weighted by Gasteiger charge is 2.57. The second kappa shape index (κ2) is 10.8. The van der Waals surface area contributed by atoms with E-state index in [1.807, 2.05) is 24.9 Å². The van der Waals surface area contributed by atoms with Crippen molar-refractivity contribution in [3.05, 3.63) is 74.8 Å². The Kier molecular flexibility index (Phi) is 6.95. The maximum Gasteiger partial charge on any atom is 0.306 e. The molecule has 5 heterocycles. The van der Waals surface area contributed by atoms with E-state index in [0.717, 1.165) is 17.4 Å². The highest BCUT2D eigenvalue weighted by atomic mass is 32.2. The van der Waals surface area contributed by atoms with Crippen LogP contribution in [0.5, 0.6) is 28.7 Å². The number of nitriles is 1. The molecule has 3 unspecified atom stereocenters. The summed E-state index contributed by atoms with van der Waals surface area (Å²) < 4.78 is 48.7. The average molecular weight is 687 g/mol. The zero-order valence-corrected chi connectivity index (χ0v) is 28.3. The minimum absolute atomic E-state index is 0.000305. The topological polar surface area (TPSA) is 159 Å². The number of aromatic hydroxyl groups is 1. The van der Waals surface area contributed by atoms with E-state index in [4.69, 9.17) is 18.4 Å². The van der Waals surface area contributed by atoms with Gasteiger partial charge in [-0.25, -0.2) is 0 Å². The summed E-state index contributed by atoms with van der Waals surface area (Å²) in [5.41, 5.74) is 4.29. The molecular weight excluding hydrogens is 652 g/mol. The van der Waals surface area contributed by atoms with Crippen molar-refractivity contribution >= 4 is 21.9 Å². The Morgan fingerprint density at radius 1 is 1.02 bits per heavy atom. The molecule has 0 radical (unpaired) electrons. The van der Waals surface area contributed by atoms with E-state index in [9.17, 15) is 28.4 Å². The number of aryl methyl sites for hydroxylation is 1. The van der Waals surface area contributed by atoms with Gasteiger partial charge in [-0.3, -0.25) is 24.3 Å². The number of carbonyl (C=O) groups excluding carboxylic acids is 2. The number of hydrogen-bond acceptors (Lipinski definition) is 12. The van der Waals surface area contributed by atoms with Gasteiger partial charge in [-0.05, 0) is 57.0 Å². The summed E-state index contributed by atoms with van der Waals surface area (Å²) >= 11 is 0. The van der Waals surface area contributed by atoms with E-state index in [0.29, 0.717) is 45.9 Å². The average Bonchev–Trinajstić information content (AvgIpc) is 3.63. The van der Waals surface area contributed by atoms with Gasteiger partial charge in [-0.15, -0.1) is 0 Å². The number of carbonyl (C=O) groups is 2. The first-order chi connectivity index (χ1) is 23.4. The molecule has 1 saturated heterocycles. The number of likely N-dealkylation sites (N-methyl/N-ethyl adjacent to an activating group) is 1. The van der Waals surface area contributed by atoms with Crippen LogP contribution in [0, 0.1) is 25.2 Å². The number of ether oxygens (including phenoxy) is 3. The van der Waals surface area contributed by atoms with Crippen molar-refractivity contribution in [2.24, 2.45) is 0 Å². The molecule has 1 fully saturated rings. The highest BCUT2D eigenvalue weighted by Crippen LogP contribution is 2.58. The summed E-state index contributed by atoms with van der Waals surface area (Å²) in [4.78, 5) is 32.9. The molecule has 0 spiro atoms. The lowest BCUT2D eigenvalue weighted by Crippen LogP contribution is -2.68. The van der Waals surface area contributed by atoms with Crippen molar-refractivity contribution in [2.45, 2.75) is 56.9 Å². The van der Waals surface area contributed by atoms with Crippen molar-refractivity contribution in [3.8, 4) is 34.8 Å². The van der Waals surface area contributed by atoms with Gasteiger partial charge < -0.3 is 23.5 Å². The maximum absolute atomic E-state index is 13.8. The van der Waals surface area contributed by atoms with E-state index >= 15 is 0 Å². The molecule has 14 heteroatoms. The number of phenolic OH excluding ortho intramolecular Hbond substituents is 1. The molecule has 8 rings (SSSR count). The van der Waals surface area contributed by atoms with Crippen LogP contribution in [0.1, 0.15) is 66.2 Å². The molecule has 2 amide bonds. The number of imide groups is 1. The number of benzene rings is 3. The lowest BCUT2D eigenvalue weighted by atomic mass is 9.71. The monoisotopic (exact) mass is 686 g/mol. The van der Waals surface area contributed by atoms with E-state index < -0.39 is 46.1 Å². The number of piperazine rings is 1. The molecule has 0 aliphatic carbocycles. The van der Waals surface area contributed by atoms with Gasteiger partial charge in [0, 0.05) is 40.9 Å². The molecular formula is C35H34N4O9S. The Balaban J connectivity index is 1.39. The van der Waals surface area contributed by atoms with E-state index in [-0.39, 0.29) is 48.4 Å². The van der Waals surface area contributed by atoms with Gasteiger partial charge in [-0.2, -0.15) is 13.7 Å². The van der Waals surface area contributed by atoms with Crippen molar-refractivity contribution in [3.63, 3.8) is 0 Å². The van der Waals surface area contributed by atoms with Crippen LogP contribution in [0.25, 0.3) is 0 Å². The molecule has 3 aromatic rings. The van der Waals surface area contributed by atoms with Crippen LogP contribution in [-0.2, 0) is 23.0 Å². The fourth-order valence-electron chi connectivity index (χ4n) is 8.85. The van der Waals surface area contributed by atoms with Gasteiger partial charge in [0.2, 0.25) is 6.79 Å². The SMILES string of the molecule is COc1c(C)cc2c(c1O)[C@@H]1C3Cc4c(OS(C)(=O)=O)c(C)c5c(c4[C@H](CN4C(=O)c6ccccc6C4=O)N3C(C#N)C(C2)N1C)OCO5. The first-order valence-electron chi connectivity index (χ1n) is 15.9. The van der Waals surface area contributed by atoms with Gasteiger partial charge in [0.1, 0.15) is 6.04 Å². The lowest BCUT2D eigenvalue weighted by Gasteiger charge is -2.60. The molecule has 2 bridgehead atoms. The number of phenols is 1. The minimum Gasteiger partial charge on any atom is -0.504 e. The van der Waals surface area contributed by atoms with Crippen LogP contribution in [0.4, 0.5) is 0 Å². The van der Waals surface area contributed by atoms with Crippen molar-refractivity contribution in [1.29, 1.82) is 5.26 Å². The van der Waals surface area contributed by atoms with Crippen LogP contribution < -0.4 is 18.4 Å². The largest absolute Gasteiger partial charge is 0.504 e. The second-order valence-corrected chi connectivity index (χ2v) is 14.9. The summed E-state index contributed by atoms with van der Waals surface area (Å²) in [5.74, 6) is 0.143. The third-order valence-electron chi connectivity index (χ3n) is 10.7. The normalized spacial score (nSPS) is 25.3. The molecule has 254 valence electrons. The van der Waals surface area contributed by atoms with Crippen molar-refractivity contribution in [2.75, 3.05) is 33.8 Å². The minimum atomic E-state index is -4.03. The maximum atomic E-state index is 13.8. The smallest absolute Gasteiger partial charge is 0.306 e. The third-order valence-corrected chi connectivity index (χ3v) is 11.2. The van der Waals surface area contributed by atoms with Crippen LogP contribution in [0.2, 0.25) is 0 Å². The first kappa shape index (κ1) is 31.4. The van der Waals surface area contributed by atoms with E-state index in [1.165, 1.54) is 12.0 Å². The number of hydrogen-bond donors (Lipinski definition) is 1. The van der Waals surface area contributed by atoms with Gasteiger partial charge >= 0.3 is 10.1 Å². The summed E-state index contributed by atoms with van der Waals surface area (Å²) in [6, 6.07) is 8.16. The summed E-state index contributed by atoms with van der Waals surface area (Å²) in [5, 5.41) is 22.6. The van der Waals surface area contributed by atoms with Gasteiger partial charge in [0.25, 0.3) is 11.8 Å². The zero-order valence-electron chi connectivity index (χ0n) is 27.5. The molecule has 5 atom stereocenters. The predicted octanol–water partition coefficient (Wildman–Crippen LogP) is 3.15. The number of methoxy groups -OCH3 is 1. The van der Waals surface area contributed by atoms with Crippen LogP contribution in [-0.4, -0.2) is 91.9 Å². The van der Waals surface area contributed by atoms with Crippen LogP contribution in [0.15, 0.2) is 30.3 Å². The Bertz CT molecular complexity index is 2110. The number of rotatable bonds is 5. The van der Waals surface area contributed by atoms with Crippen molar-refractivity contribution in [1.82, 2.24) is 14.7 Å². The van der Waals surface area contributed by atoms with Gasteiger partial charge in [0.05, 0.1) is 42.6 Å². The Morgan fingerprint density at radius 3 is 2.33 bits per heavy atom. The molecule has 0 saturated carbocycles. The van der Waals surface area contributed by atoms with Gasteiger partial charge in [-0.1, -0.05) is 18.2 Å². The Hall–Kier alpha value is -4.84. The number of fused-ring (bicyclic) bond motifs is 10. The van der Waals surface area contributed by atoms with Crippen molar-refractivity contribution < 1.29 is 41.5 Å². The molecule has 13 nitrogen and oxygen atoms in total. The molecule has 49 heavy (non-hydrogen) atoms. The molecule has 1 N–H and O–H groups in total. The fraction of sp³-hybridized carbons (Fsp3) is 0.400. The summed E-state index contributed by atoms with van der Waals surface area (Å²) in [6.07, 6.45) is 1.59. The molecule has 5 aliphatic rings. The highest BCUT2D eigenvalue weighted by molar-refractivity contribution is 7.86. The Morgan fingerprint density at radius 2 is 1.69 bits per heavy atom. The zero-order chi connectivity index (χ0) is 34.7.